The summed E-state index contributed by atoms with van der Waals surface area (Å²) in [7, 11) is 0. The van der Waals surface area contributed by atoms with Gasteiger partial charge < -0.3 is 10.4 Å². The molecule has 0 fully saturated rings. The molecule has 0 saturated heterocycles. The highest BCUT2D eigenvalue weighted by atomic mass is 79.9. The van der Waals surface area contributed by atoms with Gasteiger partial charge in [0, 0.05) is 17.8 Å². The molecule has 0 bridgehead atoms. The van der Waals surface area contributed by atoms with Crippen molar-refractivity contribution < 1.29 is 9.90 Å². The van der Waals surface area contributed by atoms with Gasteiger partial charge in [-0.3, -0.25) is 4.79 Å². The molecule has 0 amide bonds. The first kappa shape index (κ1) is 14.7. The van der Waals surface area contributed by atoms with E-state index in [1.165, 1.54) is 4.88 Å². The fourth-order valence-electron chi connectivity index (χ4n) is 1.52. The number of hydrogen-bond acceptors (Lipinski definition) is 3. The molecule has 2 N–H and O–H groups in total. The fraction of sp³-hybridized carbons (Fsp3) is 0.583. The van der Waals surface area contributed by atoms with Crippen LogP contribution >= 0.6 is 27.3 Å². The molecule has 0 spiro atoms. The van der Waals surface area contributed by atoms with E-state index in [1.54, 1.807) is 11.3 Å². The number of thiophene rings is 1. The Bertz CT molecular complexity index is 354. The summed E-state index contributed by atoms with van der Waals surface area (Å²) in [6, 6.07) is 4.16. The zero-order valence-corrected chi connectivity index (χ0v) is 12.3. The fourth-order valence-corrected chi connectivity index (χ4v) is 2.97. The maximum atomic E-state index is 10.4. The number of carboxylic acids is 1. The van der Waals surface area contributed by atoms with Crippen LogP contribution in [-0.4, -0.2) is 17.6 Å². The van der Waals surface area contributed by atoms with E-state index in [9.17, 15) is 4.79 Å². The lowest BCUT2D eigenvalue weighted by Gasteiger charge is -2.10. The number of aliphatic carboxylic acids is 1. The van der Waals surface area contributed by atoms with E-state index >= 15 is 0 Å². The first-order valence-electron chi connectivity index (χ1n) is 5.74. The van der Waals surface area contributed by atoms with E-state index in [-0.39, 0.29) is 6.42 Å². The van der Waals surface area contributed by atoms with Gasteiger partial charge in [-0.15, -0.1) is 11.3 Å². The molecule has 1 aromatic rings. The van der Waals surface area contributed by atoms with E-state index in [4.69, 9.17) is 5.11 Å². The Labute approximate surface area is 114 Å². The van der Waals surface area contributed by atoms with Crippen molar-refractivity contribution in [2.75, 3.05) is 6.54 Å². The molecule has 0 radical (unpaired) electrons. The van der Waals surface area contributed by atoms with Gasteiger partial charge in [0.2, 0.25) is 0 Å². The van der Waals surface area contributed by atoms with E-state index in [0.29, 0.717) is 5.92 Å². The third-order valence-electron chi connectivity index (χ3n) is 2.59. The van der Waals surface area contributed by atoms with Crippen molar-refractivity contribution in [1.82, 2.24) is 5.32 Å². The number of hydrogen-bond donors (Lipinski definition) is 2. The topological polar surface area (TPSA) is 49.3 Å². The molecule has 0 aliphatic carbocycles. The highest BCUT2D eigenvalue weighted by molar-refractivity contribution is 9.11. The van der Waals surface area contributed by atoms with Crippen molar-refractivity contribution in [2.45, 2.75) is 32.7 Å². The van der Waals surface area contributed by atoms with Crippen molar-refractivity contribution in [3.8, 4) is 0 Å². The average molecular weight is 320 g/mol. The van der Waals surface area contributed by atoms with E-state index in [0.717, 1.165) is 29.7 Å². The predicted molar refractivity (Wildman–Crippen MR) is 74.4 cm³/mol. The average Bonchev–Trinajstić information content (AvgIpc) is 2.68. The van der Waals surface area contributed by atoms with Crippen molar-refractivity contribution in [3.05, 3.63) is 20.8 Å². The summed E-state index contributed by atoms with van der Waals surface area (Å²) >= 11 is 5.17. The molecule has 3 nitrogen and oxygen atoms in total. The van der Waals surface area contributed by atoms with Crippen molar-refractivity contribution in [2.24, 2.45) is 5.92 Å². The van der Waals surface area contributed by atoms with Gasteiger partial charge in [-0.05, 0) is 53.4 Å². The van der Waals surface area contributed by atoms with Crippen molar-refractivity contribution in [3.63, 3.8) is 0 Å². The lowest BCUT2D eigenvalue weighted by atomic mass is 10.0. The van der Waals surface area contributed by atoms with Crippen LogP contribution in [-0.2, 0) is 11.3 Å². The molecule has 1 aromatic heterocycles. The van der Waals surface area contributed by atoms with Crippen molar-refractivity contribution in [1.29, 1.82) is 0 Å². The van der Waals surface area contributed by atoms with Crippen LogP contribution < -0.4 is 5.32 Å². The summed E-state index contributed by atoms with van der Waals surface area (Å²) in [6.07, 6.45) is 2.07. The van der Waals surface area contributed by atoms with Crippen molar-refractivity contribution >= 4 is 33.2 Å². The molecule has 0 saturated carbocycles. The summed E-state index contributed by atoms with van der Waals surface area (Å²) in [4.78, 5) is 11.7. The van der Waals surface area contributed by atoms with Crippen LogP contribution in [0.2, 0.25) is 0 Å². The Kier molecular flexibility index (Phi) is 6.77. The number of carboxylic acid groups (broad SMARTS) is 1. The zero-order chi connectivity index (χ0) is 12.7. The molecule has 17 heavy (non-hydrogen) atoms. The molecular formula is C12H18BrNO2S. The molecule has 96 valence electrons. The van der Waals surface area contributed by atoms with Crippen LogP contribution in [0.3, 0.4) is 0 Å². The van der Waals surface area contributed by atoms with Crippen LogP contribution in [0.1, 0.15) is 31.1 Å². The standard InChI is InChI=1S/C12H18BrNO2S/c1-9(2-5-12(15)16)6-7-14-8-10-3-4-11(13)17-10/h3-4,9,14H,2,5-8H2,1H3,(H,15,16). The molecule has 1 unspecified atom stereocenters. The first-order valence-corrected chi connectivity index (χ1v) is 7.35. The molecule has 0 aliphatic heterocycles. The highest BCUT2D eigenvalue weighted by Gasteiger charge is 2.05. The molecular weight excluding hydrogens is 302 g/mol. The summed E-state index contributed by atoms with van der Waals surface area (Å²) in [5.41, 5.74) is 0. The third kappa shape index (κ3) is 6.81. The maximum Gasteiger partial charge on any atom is 0.303 e. The minimum atomic E-state index is -0.701. The van der Waals surface area contributed by atoms with Gasteiger partial charge >= 0.3 is 5.97 Å². The second kappa shape index (κ2) is 7.84. The van der Waals surface area contributed by atoms with Gasteiger partial charge in [0.15, 0.2) is 0 Å². The second-order valence-electron chi connectivity index (χ2n) is 4.21. The van der Waals surface area contributed by atoms with Crippen LogP contribution in [0.25, 0.3) is 0 Å². The summed E-state index contributed by atoms with van der Waals surface area (Å²) in [5.74, 6) is -0.234. The van der Waals surface area contributed by atoms with E-state index in [1.807, 2.05) is 0 Å². The zero-order valence-electron chi connectivity index (χ0n) is 9.91. The van der Waals surface area contributed by atoms with Gasteiger partial charge in [0.1, 0.15) is 0 Å². The van der Waals surface area contributed by atoms with Crippen LogP contribution in [0, 0.1) is 5.92 Å². The van der Waals surface area contributed by atoms with Gasteiger partial charge in [0.05, 0.1) is 3.79 Å². The van der Waals surface area contributed by atoms with Gasteiger partial charge in [-0.25, -0.2) is 0 Å². The Morgan fingerprint density at radius 1 is 1.53 bits per heavy atom. The number of nitrogens with one attached hydrogen (secondary N) is 1. The van der Waals surface area contributed by atoms with Crippen LogP contribution in [0.15, 0.2) is 15.9 Å². The normalized spacial score (nSPS) is 12.6. The minimum Gasteiger partial charge on any atom is -0.481 e. The Hall–Kier alpha value is -0.390. The lowest BCUT2D eigenvalue weighted by molar-refractivity contribution is -0.137. The molecule has 5 heteroatoms. The first-order chi connectivity index (χ1) is 8.08. The summed E-state index contributed by atoms with van der Waals surface area (Å²) < 4.78 is 1.16. The van der Waals surface area contributed by atoms with Gasteiger partial charge in [-0.2, -0.15) is 0 Å². The largest absolute Gasteiger partial charge is 0.481 e. The maximum absolute atomic E-state index is 10.4. The quantitative estimate of drug-likeness (QED) is 0.721. The molecule has 0 aliphatic rings. The number of rotatable bonds is 8. The predicted octanol–water partition coefficient (Wildman–Crippen LogP) is 3.49. The SMILES string of the molecule is CC(CCNCc1ccc(Br)s1)CCC(=O)O. The molecule has 1 atom stereocenters. The molecule has 0 aromatic carbocycles. The number of carbonyl (C=O) groups is 1. The Morgan fingerprint density at radius 2 is 2.29 bits per heavy atom. The Balaban J connectivity index is 2.05. The summed E-state index contributed by atoms with van der Waals surface area (Å²) in [6.45, 7) is 3.94. The van der Waals surface area contributed by atoms with E-state index < -0.39 is 5.97 Å². The number of halogens is 1. The van der Waals surface area contributed by atoms with Crippen LogP contribution in [0.4, 0.5) is 0 Å². The second-order valence-corrected chi connectivity index (χ2v) is 6.76. The monoisotopic (exact) mass is 319 g/mol. The van der Waals surface area contributed by atoms with E-state index in [2.05, 4.69) is 40.3 Å². The smallest absolute Gasteiger partial charge is 0.303 e. The van der Waals surface area contributed by atoms with Crippen LogP contribution in [0.5, 0.6) is 0 Å². The van der Waals surface area contributed by atoms with Gasteiger partial charge in [-0.1, -0.05) is 6.92 Å². The minimum absolute atomic E-state index is 0.277. The lowest BCUT2D eigenvalue weighted by Crippen LogP contribution is -2.16. The molecule has 1 heterocycles. The van der Waals surface area contributed by atoms with Gasteiger partial charge in [0.25, 0.3) is 0 Å². The summed E-state index contributed by atoms with van der Waals surface area (Å²) in [5, 5.41) is 11.9. The Morgan fingerprint density at radius 3 is 2.88 bits per heavy atom. The third-order valence-corrected chi connectivity index (χ3v) is 4.22. The molecule has 1 rings (SSSR count). The highest BCUT2D eigenvalue weighted by Crippen LogP contribution is 2.21.